The number of guanidine groups is 1. The average Bonchev–Trinajstić information content (AvgIpc) is 3.00. The number of nitrogens with one attached hydrogen (secondary N) is 2. The summed E-state index contributed by atoms with van der Waals surface area (Å²) in [5, 5.41) is 10.5. The highest BCUT2D eigenvalue weighted by Gasteiger charge is 2.29. The number of rotatable bonds is 4. The zero-order valence-corrected chi connectivity index (χ0v) is 14.5. The van der Waals surface area contributed by atoms with Gasteiger partial charge in [-0.05, 0) is 19.8 Å². The molecule has 2 N–H and O–H groups in total. The lowest BCUT2D eigenvalue weighted by Crippen LogP contribution is -2.45. The lowest BCUT2D eigenvalue weighted by Gasteiger charge is -2.24. The van der Waals surface area contributed by atoms with Crippen molar-refractivity contribution in [2.24, 2.45) is 12.0 Å². The molecular formula is C12H23IN6O. The van der Waals surface area contributed by atoms with Crippen molar-refractivity contribution < 1.29 is 4.74 Å². The molecule has 20 heavy (non-hydrogen) atoms. The zero-order chi connectivity index (χ0) is 13.7. The van der Waals surface area contributed by atoms with E-state index in [9.17, 15) is 0 Å². The van der Waals surface area contributed by atoms with E-state index in [1.807, 2.05) is 7.05 Å². The van der Waals surface area contributed by atoms with Crippen LogP contribution >= 0.6 is 24.0 Å². The number of halogens is 1. The number of ether oxygens (including phenoxy) is 1. The molecular weight excluding hydrogens is 371 g/mol. The van der Waals surface area contributed by atoms with Gasteiger partial charge in [0.05, 0.1) is 12.1 Å². The summed E-state index contributed by atoms with van der Waals surface area (Å²) < 4.78 is 7.47. The third-order valence-electron chi connectivity index (χ3n) is 3.37. The highest BCUT2D eigenvalue weighted by molar-refractivity contribution is 14.0. The Morgan fingerprint density at radius 2 is 2.35 bits per heavy atom. The molecule has 0 bridgehead atoms. The van der Waals surface area contributed by atoms with Crippen LogP contribution in [0.25, 0.3) is 0 Å². The van der Waals surface area contributed by atoms with E-state index in [0.717, 1.165) is 37.8 Å². The number of aromatic nitrogens is 3. The fourth-order valence-corrected chi connectivity index (χ4v) is 2.11. The quantitative estimate of drug-likeness (QED) is 0.446. The van der Waals surface area contributed by atoms with E-state index in [1.165, 1.54) is 0 Å². The van der Waals surface area contributed by atoms with E-state index in [-0.39, 0.29) is 29.6 Å². The van der Waals surface area contributed by atoms with Crippen LogP contribution in [0.4, 0.5) is 0 Å². The molecule has 0 spiro atoms. The first-order valence-electron chi connectivity index (χ1n) is 6.54. The van der Waals surface area contributed by atoms with Crippen LogP contribution in [0.1, 0.15) is 25.6 Å². The number of aliphatic imine (C=N–C) groups is 1. The van der Waals surface area contributed by atoms with Crippen LogP contribution in [-0.2, 0) is 18.3 Å². The van der Waals surface area contributed by atoms with Crippen molar-refractivity contribution in [2.45, 2.75) is 31.9 Å². The lowest BCUT2D eigenvalue weighted by atomic mass is 10.0. The molecule has 114 valence electrons. The normalized spacial score (nSPS) is 22.4. The zero-order valence-electron chi connectivity index (χ0n) is 12.2. The molecule has 0 aliphatic carbocycles. The highest BCUT2D eigenvalue weighted by atomic mass is 127. The van der Waals surface area contributed by atoms with Crippen molar-refractivity contribution in [3.05, 3.63) is 12.2 Å². The molecule has 1 aliphatic rings. The van der Waals surface area contributed by atoms with Crippen LogP contribution in [0, 0.1) is 0 Å². The summed E-state index contributed by atoms with van der Waals surface area (Å²) in [5.74, 6) is 1.62. The molecule has 0 aromatic carbocycles. The minimum absolute atomic E-state index is 0. The third-order valence-corrected chi connectivity index (χ3v) is 3.37. The van der Waals surface area contributed by atoms with Gasteiger partial charge in [-0.3, -0.25) is 9.67 Å². The summed E-state index contributed by atoms with van der Waals surface area (Å²) in [4.78, 5) is 8.35. The summed E-state index contributed by atoms with van der Waals surface area (Å²) in [7, 11) is 3.62. The van der Waals surface area contributed by atoms with Gasteiger partial charge in [0.25, 0.3) is 0 Å². The van der Waals surface area contributed by atoms with E-state index in [2.05, 4.69) is 32.6 Å². The summed E-state index contributed by atoms with van der Waals surface area (Å²) >= 11 is 0. The Labute approximate surface area is 136 Å². The van der Waals surface area contributed by atoms with Gasteiger partial charge < -0.3 is 15.4 Å². The van der Waals surface area contributed by atoms with Crippen molar-refractivity contribution in [1.29, 1.82) is 0 Å². The second-order valence-corrected chi connectivity index (χ2v) is 4.98. The molecule has 1 fully saturated rings. The molecule has 8 heteroatoms. The van der Waals surface area contributed by atoms with Crippen molar-refractivity contribution in [1.82, 2.24) is 25.4 Å². The molecule has 0 saturated carbocycles. The van der Waals surface area contributed by atoms with Gasteiger partial charge in [-0.15, -0.1) is 24.0 Å². The maximum absolute atomic E-state index is 5.73. The van der Waals surface area contributed by atoms with Crippen LogP contribution in [-0.4, -0.2) is 46.5 Å². The molecule has 1 aromatic heterocycles. The molecule has 2 rings (SSSR count). The van der Waals surface area contributed by atoms with Gasteiger partial charge in [0, 0.05) is 27.2 Å². The summed E-state index contributed by atoms with van der Waals surface area (Å²) in [6.45, 7) is 4.32. The predicted octanol–water partition coefficient (Wildman–Crippen LogP) is 0.667. The third kappa shape index (κ3) is 4.58. The maximum atomic E-state index is 5.73. The molecule has 2 heterocycles. The molecule has 1 atom stereocenters. The fraction of sp³-hybridized carbons (Fsp3) is 0.750. The number of nitrogens with zero attached hydrogens (tertiary/aromatic N) is 4. The van der Waals surface area contributed by atoms with Gasteiger partial charge in [0.15, 0.2) is 5.96 Å². The van der Waals surface area contributed by atoms with Crippen LogP contribution in [0.3, 0.4) is 0 Å². The molecule has 1 aromatic rings. The Morgan fingerprint density at radius 3 is 2.90 bits per heavy atom. The number of aryl methyl sites for hydroxylation is 1. The van der Waals surface area contributed by atoms with Crippen molar-refractivity contribution in [3.63, 3.8) is 0 Å². The maximum Gasteiger partial charge on any atom is 0.191 e. The predicted molar refractivity (Wildman–Crippen MR) is 88.2 cm³/mol. The van der Waals surface area contributed by atoms with Crippen LogP contribution in [0.5, 0.6) is 0 Å². The smallest absolute Gasteiger partial charge is 0.191 e. The SMILES string of the molecule is CN=C(NCc1ncnn1C)NCC1(C)CCCO1.I. The topological polar surface area (TPSA) is 76.4 Å². The van der Waals surface area contributed by atoms with Gasteiger partial charge in [0.2, 0.25) is 0 Å². The molecule has 1 aliphatic heterocycles. The first-order valence-corrected chi connectivity index (χ1v) is 6.54. The van der Waals surface area contributed by atoms with Crippen LogP contribution in [0.15, 0.2) is 11.3 Å². The van der Waals surface area contributed by atoms with Crippen molar-refractivity contribution in [2.75, 3.05) is 20.2 Å². The summed E-state index contributed by atoms with van der Waals surface area (Å²) in [6, 6.07) is 0. The standard InChI is InChI=1S/C12H22N6O.HI/c1-12(5-4-6-19-12)8-15-11(13-2)14-7-10-16-9-17-18(10)3;/h9H,4-8H2,1-3H3,(H2,13,14,15);1H. The average molecular weight is 394 g/mol. The molecule has 7 nitrogen and oxygen atoms in total. The first-order chi connectivity index (χ1) is 9.13. The Morgan fingerprint density at radius 1 is 1.55 bits per heavy atom. The summed E-state index contributed by atoms with van der Waals surface area (Å²) in [6.07, 6.45) is 3.75. The number of hydrogen-bond acceptors (Lipinski definition) is 4. The minimum atomic E-state index is -0.0810. The van der Waals surface area contributed by atoms with E-state index in [4.69, 9.17) is 4.74 Å². The van der Waals surface area contributed by atoms with Crippen LogP contribution < -0.4 is 10.6 Å². The highest BCUT2D eigenvalue weighted by Crippen LogP contribution is 2.23. The lowest BCUT2D eigenvalue weighted by molar-refractivity contribution is 0.0243. The molecule has 1 saturated heterocycles. The second-order valence-electron chi connectivity index (χ2n) is 4.98. The molecule has 0 amide bonds. The monoisotopic (exact) mass is 394 g/mol. The largest absolute Gasteiger partial charge is 0.373 e. The minimum Gasteiger partial charge on any atom is -0.373 e. The molecule has 0 radical (unpaired) electrons. The second kappa shape index (κ2) is 7.77. The van der Waals surface area contributed by atoms with Gasteiger partial charge in [0.1, 0.15) is 12.2 Å². The summed E-state index contributed by atoms with van der Waals surface area (Å²) in [5.41, 5.74) is -0.0810. The first kappa shape index (κ1) is 17.2. The van der Waals surface area contributed by atoms with Gasteiger partial charge >= 0.3 is 0 Å². The van der Waals surface area contributed by atoms with E-state index in [0.29, 0.717) is 6.54 Å². The van der Waals surface area contributed by atoms with Gasteiger partial charge in [-0.2, -0.15) is 5.10 Å². The fourth-order valence-electron chi connectivity index (χ4n) is 2.11. The Hall–Kier alpha value is -0.900. The van der Waals surface area contributed by atoms with E-state index < -0.39 is 0 Å². The van der Waals surface area contributed by atoms with Crippen LogP contribution in [0.2, 0.25) is 0 Å². The van der Waals surface area contributed by atoms with Gasteiger partial charge in [-0.25, -0.2) is 4.98 Å². The number of hydrogen-bond donors (Lipinski definition) is 2. The Balaban J connectivity index is 0.00000200. The van der Waals surface area contributed by atoms with Gasteiger partial charge in [-0.1, -0.05) is 0 Å². The Bertz CT molecular complexity index is 441. The Kier molecular flexibility index (Phi) is 6.66. The molecule has 1 unspecified atom stereocenters. The van der Waals surface area contributed by atoms with Crippen molar-refractivity contribution in [3.8, 4) is 0 Å². The van der Waals surface area contributed by atoms with Crippen molar-refractivity contribution >= 4 is 29.9 Å². The van der Waals surface area contributed by atoms with E-state index >= 15 is 0 Å². The van der Waals surface area contributed by atoms with E-state index in [1.54, 1.807) is 18.1 Å².